The van der Waals surface area contributed by atoms with Crippen LogP contribution in [0.1, 0.15) is 28.0 Å². The Morgan fingerprint density at radius 1 is 1.19 bits per heavy atom. The van der Waals surface area contributed by atoms with Crippen molar-refractivity contribution >= 4 is 17.6 Å². The fourth-order valence-corrected chi connectivity index (χ4v) is 2.61. The number of nitrogens with two attached hydrogens (primary N) is 2. The number of primary amides is 2. The summed E-state index contributed by atoms with van der Waals surface area (Å²) in [7, 11) is 0. The molecule has 1 aromatic heterocycles. The lowest BCUT2D eigenvalue weighted by Gasteiger charge is -2.04. The van der Waals surface area contributed by atoms with Gasteiger partial charge in [0.25, 0.3) is 5.91 Å². The van der Waals surface area contributed by atoms with E-state index in [0.29, 0.717) is 0 Å². The van der Waals surface area contributed by atoms with Gasteiger partial charge in [-0.1, -0.05) is 6.07 Å². The van der Waals surface area contributed by atoms with Crippen molar-refractivity contribution in [3.8, 4) is 5.69 Å². The predicted molar refractivity (Wildman–Crippen MR) is 77.3 cm³/mol. The molecule has 7 heteroatoms. The topological polar surface area (TPSA) is 116 Å². The number of aromatic nitrogens is 2. The van der Waals surface area contributed by atoms with E-state index in [-0.39, 0.29) is 11.4 Å². The number of anilines is 1. The molecule has 1 aliphatic carbocycles. The lowest BCUT2D eigenvalue weighted by atomic mass is 10.1. The van der Waals surface area contributed by atoms with Crippen LogP contribution in [0.3, 0.4) is 0 Å². The van der Waals surface area contributed by atoms with Crippen molar-refractivity contribution < 1.29 is 9.59 Å². The summed E-state index contributed by atoms with van der Waals surface area (Å²) in [6.45, 7) is 0. The monoisotopic (exact) mass is 285 g/mol. The number of rotatable bonds is 3. The second-order valence-corrected chi connectivity index (χ2v) is 5.00. The summed E-state index contributed by atoms with van der Waals surface area (Å²) in [5.74, 6) is -0.723. The maximum atomic E-state index is 11.4. The number of amides is 3. The molecule has 1 heterocycles. The summed E-state index contributed by atoms with van der Waals surface area (Å²) in [4.78, 5) is 22.4. The van der Waals surface area contributed by atoms with Crippen LogP contribution < -0.4 is 16.8 Å². The molecule has 0 radical (unpaired) electrons. The van der Waals surface area contributed by atoms with E-state index >= 15 is 0 Å². The van der Waals surface area contributed by atoms with Crippen molar-refractivity contribution in [2.75, 3.05) is 5.32 Å². The summed E-state index contributed by atoms with van der Waals surface area (Å²) in [6, 6.07) is 5.25. The highest BCUT2D eigenvalue weighted by atomic mass is 16.2. The van der Waals surface area contributed by atoms with Crippen LogP contribution in [0.5, 0.6) is 0 Å². The molecular formula is C14H15N5O2. The summed E-state index contributed by atoms with van der Waals surface area (Å²) >= 11 is 0. The Kier molecular flexibility index (Phi) is 3.09. The summed E-state index contributed by atoms with van der Waals surface area (Å²) in [5.41, 5.74) is 14.0. The predicted octanol–water partition coefficient (Wildman–Crippen LogP) is 0.951. The average molecular weight is 285 g/mol. The Morgan fingerprint density at radius 3 is 2.67 bits per heavy atom. The zero-order valence-electron chi connectivity index (χ0n) is 11.3. The molecule has 0 spiro atoms. The number of hydrogen-bond donors (Lipinski definition) is 3. The largest absolute Gasteiger partial charge is 0.364 e. The van der Waals surface area contributed by atoms with Crippen LogP contribution in [0.4, 0.5) is 10.5 Å². The first-order chi connectivity index (χ1) is 10.0. The van der Waals surface area contributed by atoms with Crippen molar-refractivity contribution in [3.05, 3.63) is 41.2 Å². The molecule has 0 unspecified atom stereocenters. The third-order valence-corrected chi connectivity index (χ3v) is 3.55. The highest BCUT2D eigenvalue weighted by molar-refractivity contribution is 6.00. The zero-order valence-corrected chi connectivity index (χ0v) is 11.3. The average Bonchev–Trinajstić information content (AvgIpc) is 3.03. The minimum absolute atomic E-state index is 0.0192. The minimum atomic E-state index is -0.772. The highest BCUT2D eigenvalue weighted by Crippen LogP contribution is 2.25. The van der Waals surface area contributed by atoms with Gasteiger partial charge in [-0.2, -0.15) is 5.10 Å². The maximum absolute atomic E-state index is 11.4. The van der Waals surface area contributed by atoms with Crippen LogP contribution in [-0.2, 0) is 12.8 Å². The van der Waals surface area contributed by atoms with Gasteiger partial charge in [0.15, 0.2) is 5.69 Å². The second kappa shape index (κ2) is 4.93. The van der Waals surface area contributed by atoms with E-state index in [2.05, 4.69) is 16.5 Å². The second-order valence-electron chi connectivity index (χ2n) is 5.00. The fourth-order valence-electron chi connectivity index (χ4n) is 2.61. The van der Waals surface area contributed by atoms with Gasteiger partial charge in [-0.05, 0) is 42.5 Å². The maximum Gasteiger partial charge on any atom is 0.316 e. The molecule has 1 aliphatic rings. The molecule has 2 aromatic rings. The SMILES string of the molecule is NC(=O)Nc1cn(-c2ccc3c(c2)CCC3)nc1C(N)=O. The van der Waals surface area contributed by atoms with E-state index in [0.717, 1.165) is 24.9 Å². The van der Waals surface area contributed by atoms with E-state index in [1.165, 1.54) is 22.0 Å². The van der Waals surface area contributed by atoms with Crippen LogP contribution >= 0.6 is 0 Å². The van der Waals surface area contributed by atoms with E-state index in [4.69, 9.17) is 11.5 Å². The standard InChI is InChI=1S/C14H15N5O2/c15-13(20)12-11(17-14(16)21)7-19(18-12)10-5-4-8-2-1-3-9(8)6-10/h4-7H,1-3H2,(H2,15,20)(H3,16,17,21). The van der Waals surface area contributed by atoms with Crippen molar-refractivity contribution in [3.63, 3.8) is 0 Å². The van der Waals surface area contributed by atoms with E-state index in [1.54, 1.807) is 0 Å². The molecule has 0 saturated heterocycles. The molecule has 7 nitrogen and oxygen atoms in total. The van der Waals surface area contributed by atoms with Crippen LogP contribution in [0.2, 0.25) is 0 Å². The first-order valence-corrected chi connectivity index (χ1v) is 6.62. The summed E-state index contributed by atoms with van der Waals surface area (Å²) in [6.07, 6.45) is 4.82. The van der Waals surface area contributed by atoms with Gasteiger partial charge in [0.05, 0.1) is 17.6 Å². The Morgan fingerprint density at radius 2 is 1.95 bits per heavy atom. The molecule has 3 rings (SSSR count). The highest BCUT2D eigenvalue weighted by Gasteiger charge is 2.17. The van der Waals surface area contributed by atoms with E-state index in [1.807, 2.05) is 12.1 Å². The number of carbonyl (C=O) groups is 2. The molecule has 0 aliphatic heterocycles. The van der Waals surface area contributed by atoms with Crippen molar-refractivity contribution in [1.82, 2.24) is 9.78 Å². The van der Waals surface area contributed by atoms with Gasteiger partial charge in [-0.15, -0.1) is 0 Å². The van der Waals surface area contributed by atoms with Gasteiger partial charge in [0.2, 0.25) is 0 Å². The minimum Gasteiger partial charge on any atom is -0.364 e. The normalized spacial score (nSPS) is 13.0. The quantitative estimate of drug-likeness (QED) is 0.779. The number of benzene rings is 1. The summed E-state index contributed by atoms with van der Waals surface area (Å²) < 4.78 is 1.52. The molecule has 108 valence electrons. The molecule has 0 atom stereocenters. The third kappa shape index (κ3) is 2.45. The van der Waals surface area contributed by atoms with Crippen molar-refractivity contribution in [1.29, 1.82) is 0 Å². The smallest absolute Gasteiger partial charge is 0.316 e. The molecule has 0 fully saturated rings. The number of nitrogens with zero attached hydrogens (tertiary/aromatic N) is 2. The molecule has 5 N–H and O–H groups in total. The van der Waals surface area contributed by atoms with E-state index in [9.17, 15) is 9.59 Å². The Bertz CT molecular complexity index is 735. The number of urea groups is 1. The zero-order chi connectivity index (χ0) is 15.0. The van der Waals surface area contributed by atoms with Gasteiger partial charge in [-0.3, -0.25) is 4.79 Å². The fraction of sp³-hybridized carbons (Fsp3) is 0.214. The van der Waals surface area contributed by atoms with Crippen LogP contribution in [-0.4, -0.2) is 21.7 Å². The number of carbonyl (C=O) groups excluding carboxylic acids is 2. The number of nitrogens with one attached hydrogen (secondary N) is 1. The Balaban J connectivity index is 2.02. The van der Waals surface area contributed by atoms with Crippen molar-refractivity contribution in [2.45, 2.75) is 19.3 Å². The molecule has 0 bridgehead atoms. The number of aryl methyl sites for hydroxylation is 2. The lowest BCUT2D eigenvalue weighted by Crippen LogP contribution is -2.22. The number of fused-ring (bicyclic) bond motifs is 1. The van der Waals surface area contributed by atoms with Crippen LogP contribution in [0.25, 0.3) is 5.69 Å². The molecular weight excluding hydrogens is 270 g/mol. The van der Waals surface area contributed by atoms with Gasteiger partial charge < -0.3 is 16.8 Å². The van der Waals surface area contributed by atoms with Gasteiger partial charge in [0, 0.05) is 0 Å². The first kappa shape index (κ1) is 13.2. The lowest BCUT2D eigenvalue weighted by molar-refractivity contribution is 0.0996. The van der Waals surface area contributed by atoms with Gasteiger partial charge in [-0.25, -0.2) is 9.48 Å². The first-order valence-electron chi connectivity index (χ1n) is 6.62. The number of hydrogen-bond acceptors (Lipinski definition) is 3. The Labute approximate surface area is 120 Å². The molecule has 21 heavy (non-hydrogen) atoms. The van der Waals surface area contributed by atoms with Crippen LogP contribution in [0.15, 0.2) is 24.4 Å². The van der Waals surface area contributed by atoms with Crippen LogP contribution in [0, 0.1) is 0 Å². The molecule has 3 amide bonds. The van der Waals surface area contributed by atoms with E-state index < -0.39 is 11.9 Å². The van der Waals surface area contributed by atoms with Crippen molar-refractivity contribution in [2.24, 2.45) is 11.5 Å². The Hall–Kier alpha value is -2.83. The summed E-state index contributed by atoms with van der Waals surface area (Å²) in [5, 5.41) is 6.48. The molecule has 0 saturated carbocycles. The van der Waals surface area contributed by atoms with Gasteiger partial charge in [0.1, 0.15) is 0 Å². The third-order valence-electron chi connectivity index (χ3n) is 3.55. The molecule has 1 aromatic carbocycles. The van der Waals surface area contributed by atoms with Gasteiger partial charge >= 0.3 is 6.03 Å².